The van der Waals surface area contributed by atoms with Gasteiger partial charge >= 0.3 is 0 Å². The summed E-state index contributed by atoms with van der Waals surface area (Å²) in [4.78, 5) is 11.7. The first-order chi connectivity index (χ1) is 9.31. The van der Waals surface area contributed by atoms with E-state index in [1.54, 1.807) is 25.1 Å². The summed E-state index contributed by atoms with van der Waals surface area (Å²) in [7, 11) is 0. The number of hydrogen-bond acceptors (Lipinski definition) is 3. The van der Waals surface area contributed by atoms with E-state index in [2.05, 4.69) is 10.6 Å². The van der Waals surface area contributed by atoms with E-state index in [0.717, 1.165) is 0 Å². The van der Waals surface area contributed by atoms with E-state index in [1.165, 1.54) is 0 Å². The van der Waals surface area contributed by atoms with Gasteiger partial charge in [0.2, 0.25) is 5.91 Å². The smallest absolute Gasteiger partial charge is 0.237 e. The second-order valence-corrected chi connectivity index (χ2v) is 5.82. The lowest BCUT2D eigenvalue weighted by Gasteiger charge is -2.19. The Morgan fingerprint density at radius 1 is 1.30 bits per heavy atom. The lowest BCUT2D eigenvalue weighted by molar-refractivity contribution is -0.123. The van der Waals surface area contributed by atoms with Gasteiger partial charge in [0, 0.05) is 28.2 Å². The van der Waals surface area contributed by atoms with Crippen molar-refractivity contribution in [3.05, 3.63) is 33.8 Å². The van der Waals surface area contributed by atoms with Crippen LogP contribution < -0.4 is 10.6 Å². The summed E-state index contributed by atoms with van der Waals surface area (Å²) in [6.45, 7) is 5.74. The number of benzene rings is 1. The summed E-state index contributed by atoms with van der Waals surface area (Å²) in [5.74, 6) is -0.107. The van der Waals surface area contributed by atoms with Crippen molar-refractivity contribution in [1.29, 1.82) is 0 Å². The Kier molecular flexibility index (Phi) is 6.76. The van der Waals surface area contributed by atoms with Crippen molar-refractivity contribution < 1.29 is 9.90 Å². The van der Waals surface area contributed by atoms with Gasteiger partial charge < -0.3 is 15.7 Å². The number of halogens is 2. The van der Waals surface area contributed by atoms with Crippen molar-refractivity contribution in [2.75, 3.05) is 6.54 Å². The molecular weight excluding hydrogens is 299 g/mol. The van der Waals surface area contributed by atoms with Crippen LogP contribution in [-0.2, 0) is 4.79 Å². The Balaban J connectivity index is 2.56. The number of amides is 1. The topological polar surface area (TPSA) is 61.4 Å². The van der Waals surface area contributed by atoms with Crippen LogP contribution in [0, 0.1) is 0 Å². The second-order valence-electron chi connectivity index (χ2n) is 4.97. The zero-order valence-electron chi connectivity index (χ0n) is 11.8. The van der Waals surface area contributed by atoms with Gasteiger partial charge in [-0.15, -0.1) is 0 Å². The molecule has 0 bridgehead atoms. The molecule has 0 aliphatic heterocycles. The van der Waals surface area contributed by atoms with Gasteiger partial charge in [-0.1, -0.05) is 23.2 Å². The van der Waals surface area contributed by atoms with Crippen LogP contribution in [0.15, 0.2) is 18.2 Å². The third-order valence-electron chi connectivity index (χ3n) is 2.76. The van der Waals surface area contributed by atoms with Crippen LogP contribution in [0.25, 0.3) is 0 Å². The van der Waals surface area contributed by atoms with E-state index in [1.807, 2.05) is 13.8 Å². The molecule has 0 aliphatic rings. The number of carbonyl (C=O) groups is 1. The minimum Gasteiger partial charge on any atom is -0.387 e. The van der Waals surface area contributed by atoms with Gasteiger partial charge in [-0.2, -0.15) is 0 Å². The fourth-order valence-corrected chi connectivity index (χ4v) is 2.09. The summed E-state index contributed by atoms with van der Waals surface area (Å²) >= 11 is 11.9. The van der Waals surface area contributed by atoms with Gasteiger partial charge in [-0.25, -0.2) is 0 Å². The Hall–Kier alpha value is -0.810. The lowest BCUT2D eigenvalue weighted by atomic mass is 10.1. The fraction of sp³-hybridized carbons (Fsp3) is 0.500. The van der Waals surface area contributed by atoms with E-state index in [0.29, 0.717) is 15.6 Å². The Labute approximate surface area is 129 Å². The van der Waals surface area contributed by atoms with Gasteiger partial charge in [0.25, 0.3) is 0 Å². The first-order valence-corrected chi connectivity index (χ1v) is 7.23. The van der Waals surface area contributed by atoms with Crippen LogP contribution in [0.4, 0.5) is 0 Å². The monoisotopic (exact) mass is 318 g/mol. The summed E-state index contributed by atoms with van der Waals surface area (Å²) < 4.78 is 0. The number of aliphatic hydroxyl groups excluding tert-OH is 1. The maximum absolute atomic E-state index is 11.7. The molecule has 112 valence electrons. The molecule has 0 fully saturated rings. The molecule has 0 radical (unpaired) electrons. The van der Waals surface area contributed by atoms with Crippen LogP contribution in [0.2, 0.25) is 10.0 Å². The first kappa shape index (κ1) is 17.2. The summed E-state index contributed by atoms with van der Waals surface area (Å²) in [5.41, 5.74) is 0.545. The number of nitrogens with one attached hydrogen (secondary N) is 2. The van der Waals surface area contributed by atoms with Gasteiger partial charge in [-0.05, 0) is 39.0 Å². The standard InChI is InChI=1S/C14H20Cl2N2O2/c1-8(2)18-14(20)9(3)17-7-13(19)11-6-10(15)4-5-12(11)16/h4-6,8-9,13,17,19H,7H2,1-3H3,(H,18,20). The molecule has 0 heterocycles. The highest BCUT2D eigenvalue weighted by atomic mass is 35.5. The lowest BCUT2D eigenvalue weighted by Crippen LogP contribution is -2.45. The highest BCUT2D eigenvalue weighted by molar-refractivity contribution is 6.33. The van der Waals surface area contributed by atoms with Crippen molar-refractivity contribution in [2.45, 2.75) is 39.0 Å². The SMILES string of the molecule is CC(C)NC(=O)C(C)NCC(O)c1cc(Cl)ccc1Cl. The molecule has 4 nitrogen and oxygen atoms in total. The van der Waals surface area contributed by atoms with E-state index in [-0.39, 0.29) is 18.5 Å². The third-order valence-corrected chi connectivity index (χ3v) is 3.34. The normalized spacial score (nSPS) is 14.2. The van der Waals surface area contributed by atoms with Crippen LogP contribution in [0.1, 0.15) is 32.4 Å². The molecule has 1 amide bonds. The van der Waals surface area contributed by atoms with Crippen molar-refractivity contribution in [2.24, 2.45) is 0 Å². The number of aliphatic hydroxyl groups is 1. The molecule has 2 unspecified atom stereocenters. The molecule has 0 spiro atoms. The molecule has 2 atom stereocenters. The van der Waals surface area contributed by atoms with Crippen LogP contribution >= 0.6 is 23.2 Å². The van der Waals surface area contributed by atoms with Gasteiger partial charge in [-0.3, -0.25) is 4.79 Å². The molecule has 20 heavy (non-hydrogen) atoms. The Morgan fingerprint density at radius 3 is 2.55 bits per heavy atom. The van der Waals surface area contributed by atoms with Crippen molar-refractivity contribution in [3.63, 3.8) is 0 Å². The Morgan fingerprint density at radius 2 is 1.95 bits per heavy atom. The molecule has 0 saturated heterocycles. The summed E-state index contributed by atoms with van der Waals surface area (Å²) in [6.07, 6.45) is -0.824. The number of hydrogen-bond donors (Lipinski definition) is 3. The van der Waals surface area contributed by atoms with Crippen molar-refractivity contribution >= 4 is 29.1 Å². The highest BCUT2D eigenvalue weighted by Crippen LogP contribution is 2.25. The van der Waals surface area contributed by atoms with Crippen LogP contribution in [0.3, 0.4) is 0 Å². The van der Waals surface area contributed by atoms with Gasteiger partial charge in [0.1, 0.15) is 0 Å². The van der Waals surface area contributed by atoms with E-state index in [4.69, 9.17) is 23.2 Å². The first-order valence-electron chi connectivity index (χ1n) is 6.48. The molecule has 0 aliphatic carbocycles. The average molecular weight is 319 g/mol. The van der Waals surface area contributed by atoms with Crippen LogP contribution in [-0.4, -0.2) is 29.6 Å². The molecular formula is C14H20Cl2N2O2. The van der Waals surface area contributed by atoms with Gasteiger partial charge in [0.05, 0.1) is 12.1 Å². The highest BCUT2D eigenvalue weighted by Gasteiger charge is 2.17. The van der Waals surface area contributed by atoms with Crippen molar-refractivity contribution in [1.82, 2.24) is 10.6 Å². The zero-order chi connectivity index (χ0) is 15.3. The molecule has 1 aromatic rings. The largest absolute Gasteiger partial charge is 0.387 e. The van der Waals surface area contributed by atoms with Gasteiger partial charge in [0.15, 0.2) is 0 Å². The fourth-order valence-electron chi connectivity index (χ4n) is 1.67. The second kappa shape index (κ2) is 7.84. The molecule has 1 rings (SSSR count). The maximum atomic E-state index is 11.7. The van der Waals surface area contributed by atoms with Crippen molar-refractivity contribution in [3.8, 4) is 0 Å². The van der Waals surface area contributed by atoms with E-state index in [9.17, 15) is 9.90 Å². The minimum atomic E-state index is -0.824. The predicted molar refractivity (Wildman–Crippen MR) is 82.2 cm³/mol. The van der Waals surface area contributed by atoms with E-state index >= 15 is 0 Å². The zero-order valence-corrected chi connectivity index (χ0v) is 13.3. The summed E-state index contributed by atoms with van der Waals surface area (Å²) in [5, 5.41) is 16.8. The molecule has 1 aromatic carbocycles. The van der Waals surface area contributed by atoms with E-state index < -0.39 is 12.1 Å². The minimum absolute atomic E-state index is 0.0825. The molecule has 0 aromatic heterocycles. The molecule has 6 heteroatoms. The predicted octanol–water partition coefficient (Wildman–Crippen LogP) is 2.53. The maximum Gasteiger partial charge on any atom is 0.237 e. The molecule has 0 saturated carbocycles. The number of carbonyl (C=O) groups excluding carboxylic acids is 1. The average Bonchev–Trinajstić information content (AvgIpc) is 2.37. The quantitative estimate of drug-likeness (QED) is 0.755. The van der Waals surface area contributed by atoms with Crippen LogP contribution in [0.5, 0.6) is 0 Å². The summed E-state index contributed by atoms with van der Waals surface area (Å²) in [6, 6.07) is 4.60. The number of rotatable bonds is 6. The molecule has 3 N–H and O–H groups in total. The Bertz CT molecular complexity index is 466. The third kappa shape index (κ3) is 5.29.